The predicted octanol–water partition coefficient (Wildman–Crippen LogP) is 3.44. The normalized spacial score (nSPS) is 18.7. The van der Waals surface area contributed by atoms with Crippen LogP contribution < -0.4 is 5.32 Å². The van der Waals surface area contributed by atoms with Crippen LogP contribution in [-0.4, -0.2) is 16.3 Å². The number of nitrogens with one attached hydrogen (secondary N) is 1. The quantitative estimate of drug-likeness (QED) is 0.905. The van der Waals surface area contributed by atoms with Gasteiger partial charge in [-0.05, 0) is 56.8 Å². The molecule has 1 aromatic carbocycles. The molecule has 0 radical (unpaired) electrons. The number of aryl methyl sites for hydroxylation is 4. The molecule has 1 unspecified atom stereocenters. The topological polar surface area (TPSA) is 29.9 Å². The van der Waals surface area contributed by atoms with Crippen LogP contribution in [0.3, 0.4) is 0 Å². The summed E-state index contributed by atoms with van der Waals surface area (Å²) in [7, 11) is 2.06. The second-order valence-electron chi connectivity index (χ2n) is 5.92. The smallest absolute Gasteiger partial charge is 0.0675 e. The number of nitrogens with zero attached hydrogens (tertiary/aromatic N) is 2. The van der Waals surface area contributed by atoms with Gasteiger partial charge in [-0.15, -0.1) is 0 Å². The van der Waals surface area contributed by atoms with Gasteiger partial charge in [0.25, 0.3) is 0 Å². The van der Waals surface area contributed by atoms with Gasteiger partial charge in [-0.2, -0.15) is 5.10 Å². The van der Waals surface area contributed by atoms with E-state index in [1.807, 2.05) is 0 Å². The van der Waals surface area contributed by atoms with Crippen LogP contribution in [0.1, 0.15) is 41.4 Å². The fraction of sp³-hybridized carbons (Fsp3) is 0.471. The van der Waals surface area contributed by atoms with Crippen LogP contribution >= 0.6 is 0 Å². The van der Waals surface area contributed by atoms with Crippen LogP contribution in [0.5, 0.6) is 0 Å². The molecule has 1 saturated heterocycles. The third kappa shape index (κ3) is 2.16. The molecule has 0 saturated carbocycles. The van der Waals surface area contributed by atoms with Crippen molar-refractivity contribution in [2.24, 2.45) is 7.05 Å². The van der Waals surface area contributed by atoms with Crippen LogP contribution in [0.25, 0.3) is 11.1 Å². The monoisotopic (exact) mass is 269 g/mol. The van der Waals surface area contributed by atoms with E-state index in [9.17, 15) is 0 Å². The van der Waals surface area contributed by atoms with E-state index in [-0.39, 0.29) is 0 Å². The number of hydrogen-bond acceptors (Lipinski definition) is 2. The summed E-state index contributed by atoms with van der Waals surface area (Å²) in [6.07, 6.45) is 2.46. The molecule has 1 aromatic heterocycles. The van der Waals surface area contributed by atoms with Crippen molar-refractivity contribution in [1.29, 1.82) is 0 Å². The lowest BCUT2D eigenvalue weighted by molar-refractivity contribution is 0.574. The van der Waals surface area contributed by atoms with Crippen molar-refractivity contribution >= 4 is 0 Å². The molecule has 1 N–H and O–H groups in total. The summed E-state index contributed by atoms with van der Waals surface area (Å²) in [4.78, 5) is 0. The first-order chi connectivity index (χ1) is 9.58. The Kier molecular flexibility index (Phi) is 3.38. The van der Waals surface area contributed by atoms with Crippen LogP contribution in [0.4, 0.5) is 0 Å². The van der Waals surface area contributed by atoms with Gasteiger partial charge < -0.3 is 5.32 Å². The highest BCUT2D eigenvalue weighted by Crippen LogP contribution is 2.35. The maximum absolute atomic E-state index is 4.66. The molecule has 0 spiro atoms. The minimum atomic E-state index is 0.442. The number of hydrogen-bond donors (Lipinski definition) is 1. The summed E-state index contributed by atoms with van der Waals surface area (Å²) < 4.78 is 2.06. The highest BCUT2D eigenvalue weighted by atomic mass is 15.3. The van der Waals surface area contributed by atoms with Crippen molar-refractivity contribution in [1.82, 2.24) is 15.1 Å². The Morgan fingerprint density at radius 2 is 2.00 bits per heavy atom. The van der Waals surface area contributed by atoms with E-state index in [0.29, 0.717) is 6.04 Å². The SMILES string of the molecule is Cc1ccc(-c2c(C)nn(C)c2C2CCCN2)cc1C. The lowest BCUT2D eigenvalue weighted by atomic mass is 9.96. The van der Waals surface area contributed by atoms with Gasteiger partial charge >= 0.3 is 0 Å². The Labute approximate surface area is 121 Å². The second kappa shape index (κ2) is 5.06. The van der Waals surface area contributed by atoms with Gasteiger partial charge in [-0.3, -0.25) is 4.68 Å². The van der Waals surface area contributed by atoms with E-state index in [1.165, 1.54) is 40.8 Å². The average Bonchev–Trinajstić information content (AvgIpc) is 3.00. The van der Waals surface area contributed by atoms with E-state index in [0.717, 1.165) is 12.2 Å². The Bertz CT molecular complexity index is 634. The third-order valence-electron chi connectivity index (χ3n) is 4.45. The molecule has 1 fully saturated rings. The second-order valence-corrected chi connectivity index (χ2v) is 5.92. The first-order valence-electron chi connectivity index (χ1n) is 7.42. The summed E-state index contributed by atoms with van der Waals surface area (Å²) in [5, 5.41) is 8.26. The average molecular weight is 269 g/mol. The molecular formula is C17H23N3. The Morgan fingerprint density at radius 3 is 2.65 bits per heavy atom. The standard InChI is InChI=1S/C17H23N3/c1-11-7-8-14(10-12(11)2)16-13(3)19-20(4)17(16)15-6-5-9-18-15/h7-8,10,15,18H,5-6,9H2,1-4H3. The van der Waals surface area contributed by atoms with Gasteiger partial charge in [0.1, 0.15) is 0 Å². The Morgan fingerprint density at radius 1 is 1.20 bits per heavy atom. The molecule has 0 amide bonds. The minimum Gasteiger partial charge on any atom is -0.309 e. The molecule has 106 valence electrons. The molecular weight excluding hydrogens is 246 g/mol. The van der Waals surface area contributed by atoms with Crippen molar-refractivity contribution in [2.75, 3.05) is 6.54 Å². The van der Waals surface area contributed by atoms with Crippen LogP contribution in [0, 0.1) is 20.8 Å². The van der Waals surface area contributed by atoms with Gasteiger partial charge in [0.15, 0.2) is 0 Å². The van der Waals surface area contributed by atoms with Gasteiger partial charge in [0.2, 0.25) is 0 Å². The first kappa shape index (κ1) is 13.4. The fourth-order valence-corrected chi connectivity index (χ4v) is 3.25. The highest BCUT2D eigenvalue weighted by molar-refractivity contribution is 5.70. The Hall–Kier alpha value is -1.61. The van der Waals surface area contributed by atoms with E-state index in [1.54, 1.807) is 0 Å². The molecule has 0 aliphatic carbocycles. The summed E-state index contributed by atoms with van der Waals surface area (Å²) in [6.45, 7) is 7.57. The molecule has 1 atom stereocenters. The molecule has 3 heteroatoms. The van der Waals surface area contributed by atoms with Gasteiger partial charge in [0.05, 0.1) is 11.4 Å². The number of aromatic nitrogens is 2. The van der Waals surface area contributed by atoms with Gasteiger partial charge in [-0.25, -0.2) is 0 Å². The fourth-order valence-electron chi connectivity index (χ4n) is 3.25. The van der Waals surface area contributed by atoms with Gasteiger partial charge in [0, 0.05) is 18.7 Å². The van der Waals surface area contributed by atoms with E-state index < -0.39 is 0 Å². The summed E-state index contributed by atoms with van der Waals surface area (Å²) in [5.74, 6) is 0. The third-order valence-corrected chi connectivity index (χ3v) is 4.45. The predicted molar refractivity (Wildman–Crippen MR) is 82.8 cm³/mol. The molecule has 0 bridgehead atoms. The van der Waals surface area contributed by atoms with Crippen LogP contribution in [0.15, 0.2) is 18.2 Å². The molecule has 3 rings (SSSR count). The van der Waals surface area contributed by atoms with E-state index >= 15 is 0 Å². The lowest BCUT2D eigenvalue weighted by Gasteiger charge is -2.15. The molecule has 1 aliphatic heterocycles. The maximum atomic E-state index is 4.66. The van der Waals surface area contributed by atoms with Crippen LogP contribution in [0.2, 0.25) is 0 Å². The zero-order valence-electron chi connectivity index (χ0n) is 12.8. The van der Waals surface area contributed by atoms with Crippen molar-refractivity contribution in [3.8, 4) is 11.1 Å². The van der Waals surface area contributed by atoms with Gasteiger partial charge in [-0.1, -0.05) is 18.2 Å². The lowest BCUT2D eigenvalue weighted by Crippen LogP contribution is -2.17. The van der Waals surface area contributed by atoms with Crippen molar-refractivity contribution in [3.63, 3.8) is 0 Å². The molecule has 3 nitrogen and oxygen atoms in total. The zero-order chi connectivity index (χ0) is 14.3. The first-order valence-corrected chi connectivity index (χ1v) is 7.42. The summed E-state index contributed by atoms with van der Waals surface area (Å²) >= 11 is 0. The van der Waals surface area contributed by atoms with Crippen molar-refractivity contribution in [2.45, 2.75) is 39.7 Å². The highest BCUT2D eigenvalue weighted by Gasteiger charge is 2.25. The van der Waals surface area contributed by atoms with Crippen molar-refractivity contribution in [3.05, 3.63) is 40.7 Å². The molecule has 2 aromatic rings. The number of rotatable bonds is 2. The Balaban J connectivity index is 2.14. The van der Waals surface area contributed by atoms with E-state index in [2.05, 4.69) is 61.1 Å². The maximum Gasteiger partial charge on any atom is 0.0675 e. The summed E-state index contributed by atoms with van der Waals surface area (Å²) in [5.41, 5.74) is 7.76. The van der Waals surface area contributed by atoms with Crippen LogP contribution in [-0.2, 0) is 7.05 Å². The zero-order valence-corrected chi connectivity index (χ0v) is 12.8. The molecule has 20 heavy (non-hydrogen) atoms. The molecule has 2 heterocycles. The molecule has 1 aliphatic rings. The summed E-state index contributed by atoms with van der Waals surface area (Å²) in [6, 6.07) is 7.17. The number of benzene rings is 1. The largest absolute Gasteiger partial charge is 0.309 e. The van der Waals surface area contributed by atoms with Crippen molar-refractivity contribution < 1.29 is 0 Å². The minimum absolute atomic E-state index is 0.442. The van der Waals surface area contributed by atoms with E-state index in [4.69, 9.17) is 0 Å².